The van der Waals surface area contributed by atoms with Crippen LogP contribution in [-0.4, -0.2) is 46.1 Å². The molecular formula is C12H11IN4O5. The molecule has 0 aliphatic heterocycles. The van der Waals surface area contributed by atoms with Crippen LogP contribution in [0, 0.1) is 3.57 Å². The first-order valence-corrected chi connectivity index (χ1v) is 6.95. The van der Waals surface area contributed by atoms with E-state index in [4.69, 9.17) is 20.3 Å². The van der Waals surface area contributed by atoms with E-state index in [0.717, 1.165) is 0 Å². The Kier molecular flexibility index (Phi) is 4.80. The van der Waals surface area contributed by atoms with E-state index >= 15 is 0 Å². The second kappa shape index (κ2) is 6.60. The Morgan fingerprint density at radius 1 is 1.41 bits per heavy atom. The molecule has 1 aromatic carbocycles. The van der Waals surface area contributed by atoms with Crippen molar-refractivity contribution in [1.29, 1.82) is 0 Å². The average Bonchev–Trinajstić information content (AvgIpc) is 2.94. The van der Waals surface area contributed by atoms with Crippen LogP contribution in [0.2, 0.25) is 0 Å². The number of carboxylic acid groups (broad SMARTS) is 1. The summed E-state index contributed by atoms with van der Waals surface area (Å²) in [6.45, 7) is -0.498. The minimum Gasteiger partial charge on any atom is -0.493 e. The number of carbonyl (C=O) groups excluding carboxylic acids is 1. The summed E-state index contributed by atoms with van der Waals surface area (Å²) < 4.78 is 11.0. The number of primary amides is 1. The number of H-pyrrole nitrogens is 1. The fourth-order valence-corrected chi connectivity index (χ4v) is 2.49. The average molecular weight is 418 g/mol. The Labute approximate surface area is 137 Å². The third-order valence-electron chi connectivity index (χ3n) is 2.62. The lowest BCUT2D eigenvalue weighted by Crippen LogP contribution is -2.13. The number of hydrogen-bond acceptors (Lipinski definition) is 6. The molecule has 0 saturated carbocycles. The molecule has 0 bridgehead atoms. The van der Waals surface area contributed by atoms with E-state index in [1.54, 1.807) is 12.1 Å². The molecule has 0 aliphatic carbocycles. The van der Waals surface area contributed by atoms with Crippen LogP contribution in [-0.2, 0) is 4.79 Å². The van der Waals surface area contributed by atoms with Crippen LogP contribution in [0.3, 0.4) is 0 Å². The van der Waals surface area contributed by atoms with E-state index in [1.165, 1.54) is 7.11 Å². The van der Waals surface area contributed by atoms with Crippen LogP contribution in [0.4, 0.5) is 0 Å². The van der Waals surface area contributed by atoms with Gasteiger partial charge in [0.1, 0.15) is 5.69 Å². The van der Waals surface area contributed by atoms with Crippen LogP contribution in [0.25, 0.3) is 11.3 Å². The van der Waals surface area contributed by atoms with E-state index in [0.29, 0.717) is 20.6 Å². The number of hydrogen-bond donors (Lipinski definition) is 3. The SMILES string of the molecule is COc1cc(-c2n[nH]nc2C(N)=O)cc(I)c1OCC(=O)O. The molecule has 10 heteroatoms. The molecule has 0 spiro atoms. The highest BCUT2D eigenvalue weighted by molar-refractivity contribution is 14.1. The minimum absolute atomic E-state index is 0.00272. The number of halogens is 1. The molecule has 0 unspecified atom stereocenters. The molecule has 0 fully saturated rings. The highest BCUT2D eigenvalue weighted by Gasteiger charge is 2.19. The standard InChI is InChI=1S/C12H11IN4O5/c1-21-7-3-5(9-10(12(14)20)16-17-15-9)2-6(13)11(7)22-4-8(18)19/h2-3H,4H2,1H3,(H2,14,20)(H,18,19)(H,15,16,17). The number of nitrogens with zero attached hydrogens (tertiary/aromatic N) is 2. The van der Waals surface area contributed by atoms with Crippen molar-refractivity contribution in [2.75, 3.05) is 13.7 Å². The molecule has 0 radical (unpaired) electrons. The lowest BCUT2D eigenvalue weighted by Gasteiger charge is -2.12. The van der Waals surface area contributed by atoms with E-state index in [-0.39, 0.29) is 11.4 Å². The molecule has 0 atom stereocenters. The van der Waals surface area contributed by atoms with Crippen LogP contribution in [0.1, 0.15) is 10.5 Å². The number of carboxylic acids is 1. The highest BCUT2D eigenvalue weighted by Crippen LogP contribution is 2.37. The summed E-state index contributed by atoms with van der Waals surface area (Å²) in [6, 6.07) is 3.22. The number of ether oxygens (including phenoxy) is 2. The summed E-state index contributed by atoms with van der Waals surface area (Å²) in [7, 11) is 1.42. The fourth-order valence-electron chi connectivity index (χ4n) is 1.73. The molecule has 1 aromatic heterocycles. The summed E-state index contributed by atoms with van der Waals surface area (Å²) >= 11 is 1.96. The molecule has 9 nitrogen and oxygen atoms in total. The molecular weight excluding hydrogens is 407 g/mol. The number of carbonyl (C=O) groups is 2. The molecule has 2 aromatic rings. The van der Waals surface area contributed by atoms with Crippen LogP contribution < -0.4 is 15.2 Å². The van der Waals surface area contributed by atoms with E-state index in [9.17, 15) is 9.59 Å². The molecule has 0 saturated heterocycles. The molecule has 2 rings (SSSR count). The second-order valence-corrected chi connectivity index (χ2v) is 5.22. The Morgan fingerprint density at radius 2 is 2.14 bits per heavy atom. The topological polar surface area (TPSA) is 140 Å². The van der Waals surface area contributed by atoms with Crippen molar-refractivity contribution in [2.45, 2.75) is 0 Å². The number of nitrogens with two attached hydrogens (primary N) is 1. The van der Waals surface area contributed by atoms with Gasteiger partial charge in [-0.2, -0.15) is 15.4 Å². The van der Waals surface area contributed by atoms with Crippen molar-refractivity contribution >= 4 is 34.5 Å². The predicted molar refractivity (Wildman–Crippen MR) is 82.7 cm³/mol. The van der Waals surface area contributed by atoms with Gasteiger partial charge in [0.25, 0.3) is 5.91 Å². The van der Waals surface area contributed by atoms with Crippen LogP contribution in [0.15, 0.2) is 12.1 Å². The summed E-state index contributed by atoms with van der Waals surface area (Å²) in [5.74, 6) is -1.22. The highest BCUT2D eigenvalue weighted by atomic mass is 127. The number of aromatic nitrogens is 3. The van der Waals surface area contributed by atoms with Gasteiger partial charge in [0, 0.05) is 5.56 Å². The van der Waals surface area contributed by atoms with E-state index in [1.807, 2.05) is 22.6 Å². The molecule has 4 N–H and O–H groups in total. The fraction of sp³-hybridized carbons (Fsp3) is 0.167. The van der Waals surface area contributed by atoms with Gasteiger partial charge in [-0.1, -0.05) is 0 Å². The Balaban J connectivity index is 2.47. The van der Waals surface area contributed by atoms with Gasteiger partial charge >= 0.3 is 5.97 Å². The van der Waals surface area contributed by atoms with Crippen molar-refractivity contribution in [2.24, 2.45) is 5.73 Å². The quantitative estimate of drug-likeness (QED) is 0.585. The van der Waals surface area contributed by atoms with Gasteiger partial charge in [-0.25, -0.2) is 4.79 Å². The monoisotopic (exact) mass is 418 g/mol. The summed E-state index contributed by atoms with van der Waals surface area (Å²) in [6.07, 6.45) is 0. The number of aliphatic carboxylic acids is 1. The lowest BCUT2D eigenvalue weighted by molar-refractivity contribution is -0.139. The Morgan fingerprint density at radius 3 is 2.73 bits per heavy atom. The van der Waals surface area contributed by atoms with Crippen LogP contribution >= 0.6 is 22.6 Å². The smallest absolute Gasteiger partial charge is 0.341 e. The first-order valence-electron chi connectivity index (χ1n) is 5.87. The van der Waals surface area contributed by atoms with Gasteiger partial charge in [0.2, 0.25) is 0 Å². The molecule has 22 heavy (non-hydrogen) atoms. The number of methoxy groups -OCH3 is 1. The van der Waals surface area contributed by atoms with Gasteiger partial charge in [-0.05, 0) is 34.7 Å². The number of rotatable bonds is 6. The maximum Gasteiger partial charge on any atom is 0.341 e. The van der Waals surface area contributed by atoms with Crippen molar-refractivity contribution < 1.29 is 24.2 Å². The summed E-state index contributed by atoms with van der Waals surface area (Å²) in [4.78, 5) is 21.9. The minimum atomic E-state index is -1.10. The molecule has 116 valence electrons. The number of aromatic amines is 1. The zero-order valence-corrected chi connectivity index (χ0v) is 13.4. The first-order chi connectivity index (χ1) is 10.4. The van der Waals surface area contributed by atoms with Crippen molar-refractivity contribution in [3.05, 3.63) is 21.4 Å². The molecule has 1 amide bonds. The predicted octanol–water partition coefficient (Wildman–Crippen LogP) is 0.647. The van der Waals surface area contributed by atoms with E-state index in [2.05, 4.69) is 15.4 Å². The van der Waals surface area contributed by atoms with Crippen molar-refractivity contribution in [3.8, 4) is 22.8 Å². The van der Waals surface area contributed by atoms with Gasteiger partial charge in [-0.3, -0.25) is 4.79 Å². The molecule has 1 heterocycles. The summed E-state index contributed by atoms with van der Waals surface area (Å²) in [5, 5.41) is 18.6. The second-order valence-electron chi connectivity index (χ2n) is 4.06. The zero-order chi connectivity index (χ0) is 16.3. The number of nitrogens with one attached hydrogen (secondary N) is 1. The molecule has 0 aliphatic rings. The first kappa shape index (κ1) is 16.0. The number of benzene rings is 1. The third-order valence-corrected chi connectivity index (χ3v) is 3.43. The number of amides is 1. The van der Waals surface area contributed by atoms with E-state index < -0.39 is 18.5 Å². The van der Waals surface area contributed by atoms with Gasteiger partial charge in [0.15, 0.2) is 23.8 Å². The Bertz CT molecular complexity index is 730. The van der Waals surface area contributed by atoms with Gasteiger partial charge in [-0.15, -0.1) is 0 Å². The Hall–Kier alpha value is -2.37. The van der Waals surface area contributed by atoms with Gasteiger partial charge < -0.3 is 20.3 Å². The lowest BCUT2D eigenvalue weighted by atomic mass is 10.1. The third kappa shape index (κ3) is 3.27. The van der Waals surface area contributed by atoms with Crippen molar-refractivity contribution in [1.82, 2.24) is 15.4 Å². The van der Waals surface area contributed by atoms with Gasteiger partial charge in [0.05, 0.1) is 10.7 Å². The normalized spacial score (nSPS) is 10.3. The van der Waals surface area contributed by atoms with Crippen molar-refractivity contribution in [3.63, 3.8) is 0 Å². The largest absolute Gasteiger partial charge is 0.493 e. The van der Waals surface area contributed by atoms with Crippen LogP contribution in [0.5, 0.6) is 11.5 Å². The summed E-state index contributed by atoms with van der Waals surface area (Å²) in [5.41, 5.74) is 6.03. The maximum absolute atomic E-state index is 11.3. The zero-order valence-electron chi connectivity index (χ0n) is 11.3. The maximum atomic E-state index is 11.3.